The third-order valence-corrected chi connectivity index (χ3v) is 3.50. The molecule has 0 saturated carbocycles. The summed E-state index contributed by atoms with van der Waals surface area (Å²) < 4.78 is 1.03. The van der Waals surface area contributed by atoms with E-state index >= 15 is 0 Å². The fraction of sp³-hybridized carbons (Fsp3) is 0.154. The predicted molar refractivity (Wildman–Crippen MR) is 78.1 cm³/mol. The van der Waals surface area contributed by atoms with Crippen LogP contribution in [0.4, 0.5) is 5.82 Å². The van der Waals surface area contributed by atoms with E-state index in [1.807, 2.05) is 24.3 Å². The quantitative estimate of drug-likeness (QED) is 0.928. The van der Waals surface area contributed by atoms with Crippen LogP contribution in [-0.4, -0.2) is 16.7 Å². The third kappa shape index (κ3) is 3.91. The van der Waals surface area contributed by atoms with Gasteiger partial charge in [0.15, 0.2) is 5.69 Å². The summed E-state index contributed by atoms with van der Waals surface area (Å²) >= 11 is 9.44. The van der Waals surface area contributed by atoms with Gasteiger partial charge in [-0.1, -0.05) is 27.5 Å². The summed E-state index contributed by atoms with van der Waals surface area (Å²) in [6.45, 7) is 0.708. The average molecular weight is 338 g/mol. The van der Waals surface area contributed by atoms with Gasteiger partial charge in [0.1, 0.15) is 11.9 Å². The molecule has 1 N–H and O–H groups in total. The van der Waals surface area contributed by atoms with Gasteiger partial charge in [-0.3, -0.25) is 0 Å². The lowest BCUT2D eigenvalue weighted by atomic mass is 10.1. The molecule has 0 radical (unpaired) electrons. The molecule has 0 fully saturated rings. The molecule has 0 atom stereocenters. The maximum Gasteiger partial charge on any atom is 0.163 e. The minimum Gasteiger partial charge on any atom is -0.368 e. The lowest BCUT2D eigenvalue weighted by Gasteiger charge is -2.07. The van der Waals surface area contributed by atoms with Gasteiger partial charge < -0.3 is 5.32 Å². The molecule has 0 aliphatic heterocycles. The van der Waals surface area contributed by atoms with Crippen LogP contribution in [0, 0.1) is 11.3 Å². The van der Waals surface area contributed by atoms with Crippen molar-refractivity contribution in [2.45, 2.75) is 6.42 Å². The van der Waals surface area contributed by atoms with E-state index in [9.17, 15) is 0 Å². The summed E-state index contributed by atoms with van der Waals surface area (Å²) in [5.74, 6) is 0.650. The van der Waals surface area contributed by atoms with Crippen molar-refractivity contribution in [1.29, 1.82) is 5.26 Å². The molecule has 0 unspecified atom stereocenters. The molecule has 4 nitrogen and oxygen atoms in total. The van der Waals surface area contributed by atoms with Gasteiger partial charge in [0.2, 0.25) is 0 Å². The zero-order chi connectivity index (χ0) is 13.7. The highest BCUT2D eigenvalue weighted by Gasteiger charge is 2.02. The minimum atomic E-state index is 0.308. The monoisotopic (exact) mass is 336 g/mol. The Balaban J connectivity index is 1.92. The van der Waals surface area contributed by atoms with Crippen LogP contribution in [0.5, 0.6) is 0 Å². The van der Waals surface area contributed by atoms with Gasteiger partial charge in [-0.15, -0.1) is 10.2 Å². The molecule has 19 heavy (non-hydrogen) atoms. The molecule has 0 aliphatic rings. The van der Waals surface area contributed by atoms with Crippen molar-refractivity contribution >= 4 is 33.3 Å². The lowest BCUT2D eigenvalue weighted by Crippen LogP contribution is -2.07. The molecule has 0 aliphatic carbocycles. The Morgan fingerprint density at radius 1 is 1.26 bits per heavy atom. The first-order chi connectivity index (χ1) is 9.19. The molecular formula is C13H10BrClN4. The first kappa shape index (κ1) is 13.8. The van der Waals surface area contributed by atoms with Crippen molar-refractivity contribution in [3.8, 4) is 6.07 Å². The Morgan fingerprint density at radius 2 is 2.11 bits per heavy atom. The number of benzene rings is 1. The molecule has 0 spiro atoms. The Bertz CT molecular complexity index is 607. The molecular weight excluding hydrogens is 328 g/mol. The maximum absolute atomic E-state index is 8.62. The van der Waals surface area contributed by atoms with Crippen LogP contribution in [-0.2, 0) is 6.42 Å². The van der Waals surface area contributed by atoms with E-state index in [4.69, 9.17) is 16.9 Å². The maximum atomic E-state index is 8.62. The van der Waals surface area contributed by atoms with E-state index < -0.39 is 0 Å². The van der Waals surface area contributed by atoms with E-state index in [-0.39, 0.29) is 0 Å². The number of nitriles is 1. The molecule has 2 rings (SSSR count). The highest BCUT2D eigenvalue weighted by atomic mass is 79.9. The molecule has 0 saturated heterocycles. The van der Waals surface area contributed by atoms with Gasteiger partial charge >= 0.3 is 0 Å². The number of hydrogen-bond donors (Lipinski definition) is 1. The van der Waals surface area contributed by atoms with Gasteiger partial charge in [0.05, 0.1) is 0 Å². The second kappa shape index (κ2) is 6.50. The molecule has 1 aromatic carbocycles. The van der Waals surface area contributed by atoms with Crippen molar-refractivity contribution in [2.75, 3.05) is 11.9 Å². The summed E-state index contributed by atoms with van der Waals surface area (Å²) in [7, 11) is 0. The Morgan fingerprint density at radius 3 is 2.79 bits per heavy atom. The normalized spacial score (nSPS) is 9.95. The summed E-state index contributed by atoms with van der Waals surface area (Å²) in [4.78, 5) is 0. The van der Waals surface area contributed by atoms with Crippen LogP contribution in [0.3, 0.4) is 0 Å². The second-order valence-corrected chi connectivity index (χ2v) is 5.12. The SMILES string of the molecule is N#Cc1ccc(NCCc2cc(Cl)ccc2Br)nn1. The number of rotatable bonds is 4. The van der Waals surface area contributed by atoms with Gasteiger partial charge in [-0.2, -0.15) is 5.26 Å². The van der Waals surface area contributed by atoms with E-state index in [2.05, 4.69) is 31.4 Å². The Hall–Kier alpha value is -1.64. The zero-order valence-electron chi connectivity index (χ0n) is 9.90. The van der Waals surface area contributed by atoms with Crippen molar-refractivity contribution in [3.05, 3.63) is 51.1 Å². The number of aromatic nitrogens is 2. The van der Waals surface area contributed by atoms with Crippen molar-refractivity contribution < 1.29 is 0 Å². The van der Waals surface area contributed by atoms with E-state index in [0.717, 1.165) is 21.5 Å². The topological polar surface area (TPSA) is 61.6 Å². The Labute approximate surface area is 124 Å². The number of anilines is 1. The molecule has 2 aromatic rings. The molecule has 1 heterocycles. The summed E-state index contributed by atoms with van der Waals surface area (Å²) in [5, 5.41) is 20.1. The van der Waals surface area contributed by atoms with Crippen LogP contribution in [0.1, 0.15) is 11.3 Å². The van der Waals surface area contributed by atoms with Crippen molar-refractivity contribution in [1.82, 2.24) is 10.2 Å². The number of hydrogen-bond acceptors (Lipinski definition) is 4. The van der Waals surface area contributed by atoms with Crippen molar-refractivity contribution in [2.24, 2.45) is 0 Å². The number of nitrogens with one attached hydrogen (secondary N) is 1. The molecule has 1 aromatic heterocycles. The van der Waals surface area contributed by atoms with E-state index in [1.165, 1.54) is 0 Å². The van der Waals surface area contributed by atoms with Gasteiger partial charge in [0, 0.05) is 16.0 Å². The van der Waals surface area contributed by atoms with Crippen LogP contribution in [0.15, 0.2) is 34.8 Å². The molecule has 96 valence electrons. The standard InChI is InChI=1S/C13H10BrClN4/c14-12-3-1-10(15)7-9(12)5-6-17-13-4-2-11(8-16)18-19-13/h1-4,7H,5-6H2,(H,17,19). The smallest absolute Gasteiger partial charge is 0.163 e. The Kier molecular flexibility index (Phi) is 4.72. The highest BCUT2D eigenvalue weighted by molar-refractivity contribution is 9.10. The number of nitrogens with zero attached hydrogens (tertiary/aromatic N) is 3. The van der Waals surface area contributed by atoms with Gasteiger partial charge in [-0.25, -0.2) is 0 Å². The summed E-state index contributed by atoms with van der Waals surface area (Å²) in [6.07, 6.45) is 0.808. The van der Waals surface area contributed by atoms with Crippen LogP contribution in [0.2, 0.25) is 5.02 Å². The lowest BCUT2D eigenvalue weighted by molar-refractivity contribution is 0.956. The van der Waals surface area contributed by atoms with E-state index in [1.54, 1.807) is 12.1 Å². The first-order valence-corrected chi connectivity index (χ1v) is 6.78. The summed E-state index contributed by atoms with van der Waals surface area (Å²) in [5.41, 5.74) is 1.43. The fourth-order valence-corrected chi connectivity index (χ4v) is 2.19. The molecule has 6 heteroatoms. The average Bonchev–Trinajstić information content (AvgIpc) is 2.43. The van der Waals surface area contributed by atoms with E-state index in [0.29, 0.717) is 18.1 Å². The van der Waals surface area contributed by atoms with Crippen LogP contribution < -0.4 is 5.32 Å². The van der Waals surface area contributed by atoms with Crippen LogP contribution in [0.25, 0.3) is 0 Å². The minimum absolute atomic E-state index is 0.308. The van der Waals surface area contributed by atoms with Gasteiger partial charge in [0.25, 0.3) is 0 Å². The van der Waals surface area contributed by atoms with Gasteiger partial charge in [-0.05, 0) is 42.3 Å². The largest absolute Gasteiger partial charge is 0.368 e. The number of halogens is 2. The zero-order valence-corrected chi connectivity index (χ0v) is 12.2. The molecule has 0 amide bonds. The van der Waals surface area contributed by atoms with Crippen LogP contribution >= 0.6 is 27.5 Å². The third-order valence-electron chi connectivity index (χ3n) is 2.49. The first-order valence-electron chi connectivity index (χ1n) is 5.60. The fourth-order valence-electron chi connectivity index (χ4n) is 1.55. The second-order valence-electron chi connectivity index (χ2n) is 3.83. The molecule has 0 bridgehead atoms. The highest BCUT2D eigenvalue weighted by Crippen LogP contribution is 2.21. The predicted octanol–water partition coefficient (Wildman–Crippen LogP) is 3.42. The summed E-state index contributed by atoms with van der Waals surface area (Å²) in [6, 6.07) is 11.0. The van der Waals surface area contributed by atoms with Crippen molar-refractivity contribution in [3.63, 3.8) is 0 Å².